The van der Waals surface area contributed by atoms with Crippen LogP contribution in [-0.4, -0.2) is 55.7 Å². The molecule has 0 amide bonds. The van der Waals surface area contributed by atoms with Gasteiger partial charge in [0.15, 0.2) is 26.5 Å². The van der Waals surface area contributed by atoms with E-state index in [2.05, 4.69) is 22.0 Å². The van der Waals surface area contributed by atoms with Gasteiger partial charge in [-0.05, 0) is 92.1 Å². The number of aliphatic hydroxyl groups is 1. The largest absolute Gasteiger partial charge is 0.435 e. The number of sulfone groups is 1. The molecule has 5 aromatic rings. The molecule has 1 fully saturated rings. The Balaban J connectivity index is 1.39. The predicted octanol–water partition coefficient (Wildman–Crippen LogP) is 6.23. The van der Waals surface area contributed by atoms with E-state index in [0.717, 1.165) is 18.4 Å². The second-order valence-electron chi connectivity index (χ2n) is 15.0. The molecule has 0 spiro atoms. The van der Waals surface area contributed by atoms with Gasteiger partial charge in [0.25, 0.3) is 17.4 Å². The van der Waals surface area contributed by atoms with Gasteiger partial charge in [-0.1, -0.05) is 5.92 Å². The minimum atomic E-state index is -5.06. The van der Waals surface area contributed by atoms with Gasteiger partial charge in [-0.15, -0.1) is 4.68 Å². The molecule has 1 aromatic carbocycles. The molecule has 4 aromatic heterocycles. The van der Waals surface area contributed by atoms with E-state index in [4.69, 9.17) is 16.6 Å². The lowest BCUT2D eigenvalue weighted by molar-refractivity contribution is -0.518. The Kier molecular flexibility index (Phi) is 9.84. The fourth-order valence-electron chi connectivity index (χ4n) is 7.57. The summed E-state index contributed by atoms with van der Waals surface area (Å²) in [6.07, 6.45) is -5.07. The normalized spacial score (nSPS) is 17.9. The van der Waals surface area contributed by atoms with Crippen molar-refractivity contribution in [2.24, 2.45) is 13.0 Å². The van der Waals surface area contributed by atoms with E-state index in [9.17, 15) is 40.3 Å². The molecule has 2 aliphatic rings. The number of hydrogen-bond donors (Lipinski definition) is 1. The highest BCUT2D eigenvalue weighted by Crippen LogP contribution is 2.68. The number of pyridine rings is 2. The number of hydrogen-bond acceptors (Lipinski definition) is 7. The van der Waals surface area contributed by atoms with Gasteiger partial charge in [-0.3, -0.25) is 9.48 Å². The lowest BCUT2D eigenvalue weighted by Crippen LogP contribution is -2.29. The van der Waals surface area contributed by atoms with Gasteiger partial charge in [0.2, 0.25) is 0 Å². The zero-order valence-corrected chi connectivity index (χ0v) is 32.2. The van der Waals surface area contributed by atoms with Gasteiger partial charge in [-0.25, -0.2) is 22.2 Å². The lowest BCUT2D eigenvalue weighted by Gasteiger charge is -2.21. The van der Waals surface area contributed by atoms with Crippen LogP contribution >= 0.6 is 11.6 Å². The number of ketones is 1. The second-order valence-corrected chi connectivity index (χ2v) is 17.6. The van der Waals surface area contributed by atoms with E-state index in [1.54, 1.807) is 12.1 Å². The molecule has 19 heteroatoms. The van der Waals surface area contributed by atoms with Gasteiger partial charge >= 0.3 is 6.18 Å². The fraction of sp³-hybridized carbons (Fsp3) is 0.395. The van der Waals surface area contributed by atoms with Gasteiger partial charge < -0.3 is 5.11 Å². The predicted molar refractivity (Wildman–Crippen MR) is 191 cm³/mol. The average molecular weight is 838 g/mol. The summed E-state index contributed by atoms with van der Waals surface area (Å²) in [6.45, 7) is 1.87. The Morgan fingerprint density at radius 1 is 1.09 bits per heavy atom. The van der Waals surface area contributed by atoms with Crippen molar-refractivity contribution in [3.05, 3.63) is 99.0 Å². The Morgan fingerprint density at radius 3 is 2.39 bits per heavy atom. The number of Topliss-reactive ketones (excluding diaryl/α,β-unsaturated/α-hetero) is 1. The van der Waals surface area contributed by atoms with Crippen molar-refractivity contribution in [3.63, 3.8) is 0 Å². The van der Waals surface area contributed by atoms with E-state index in [-0.39, 0.29) is 52.0 Å². The van der Waals surface area contributed by atoms with E-state index in [0.29, 0.717) is 16.3 Å². The van der Waals surface area contributed by atoms with Crippen LogP contribution < -0.4 is 4.40 Å². The number of nitrogens with zero attached hydrogens (tertiary/aromatic N) is 6. The molecule has 0 saturated heterocycles. The first kappa shape index (κ1) is 40.3. The first-order valence-corrected chi connectivity index (χ1v) is 19.9. The van der Waals surface area contributed by atoms with Crippen molar-refractivity contribution >= 4 is 32.9 Å². The van der Waals surface area contributed by atoms with Crippen molar-refractivity contribution in [2.75, 3.05) is 6.26 Å². The molecule has 1 saturated carbocycles. The highest BCUT2D eigenvalue weighted by molar-refractivity contribution is 7.89. The van der Waals surface area contributed by atoms with Crippen LogP contribution in [0.25, 0.3) is 16.8 Å². The van der Waals surface area contributed by atoms with E-state index < -0.39 is 98.4 Å². The summed E-state index contributed by atoms with van der Waals surface area (Å²) in [5.74, 6) is -4.94. The van der Waals surface area contributed by atoms with Crippen LogP contribution in [0.3, 0.4) is 0 Å². The van der Waals surface area contributed by atoms with Crippen molar-refractivity contribution in [3.8, 4) is 23.0 Å². The van der Waals surface area contributed by atoms with Gasteiger partial charge in [0.05, 0.1) is 18.3 Å². The molecule has 300 valence electrons. The minimum Gasteiger partial charge on any atom is -0.378 e. The Morgan fingerprint density at radius 2 is 1.75 bits per heavy atom. The fourth-order valence-corrected chi connectivity index (χ4v) is 8.47. The smallest absolute Gasteiger partial charge is 0.378 e. The zero-order chi connectivity index (χ0) is 41.6. The zero-order valence-electron chi connectivity index (χ0n) is 30.6. The summed E-state index contributed by atoms with van der Waals surface area (Å²) >= 11 is 6.57. The van der Waals surface area contributed by atoms with E-state index >= 15 is 8.78 Å². The van der Waals surface area contributed by atoms with Gasteiger partial charge in [0.1, 0.15) is 40.9 Å². The number of carbonyl (C=O) groups is 1. The summed E-state index contributed by atoms with van der Waals surface area (Å²) in [5.41, 5.74) is -3.39. The topological polar surface area (TPSA) is 124 Å². The number of rotatable bonds is 10. The quantitative estimate of drug-likeness (QED) is 0.0766. The highest BCUT2D eigenvalue weighted by Gasteiger charge is 2.68. The van der Waals surface area contributed by atoms with Gasteiger partial charge in [-0.2, -0.15) is 31.5 Å². The lowest BCUT2D eigenvalue weighted by atomic mass is 9.86. The van der Waals surface area contributed by atoms with Crippen LogP contribution in [-0.2, 0) is 52.5 Å². The maximum absolute atomic E-state index is 15.4. The molecule has 10 nitrogen and oxygen atoms in total. The summed E-state index contributed by atoms with van der Waals surface area (Å²) in [6, 6.07) is 8.79. The Bertz CT molecular complexity index is 2640. The molecule has 7 rings (SSSR count). The van der Waals surface area contributed by atoms with Crippen LogP contribution in [0.5, 0.6) is 0 Å². The standard InChI is InChI=1S/C38H33ClF7N6O4S/c1-36(2,54)10-9-23-5-6-25(26-7-8-29(39)52-30(18-57(4,55)56)48-50(3)35(26)52)32(47-23)20(11-19-12-21(40)15-22(41)13-19)14-24(53)17-51-34-31(33(49-51)38(44,45)46)27-16-28(27)37(34,42)43/h5-8,12-13,15,20,27-28,54H,11,14,16-18H2,1-4H3/q+1/t20-,27+,28-/m1/s1. The first-order chi connectivity index (χ1) is 26.4. The second kappa shape index (κ2) is 13.9. The number of aromatic nitrogens is 6. The number of aryl methyl sites for hydroxylation is 1. The molecule has 0 aliphatic heterocycles. The third-order valence-electron chi connectivity index (χ3n) is 9.78. The average Bonchev–Trinajstić information content (AvgIpc) is 3.61. The molecule has 1 N–H and O–H groups in total. The summed E-state index contributed by atoms with van der Waals surface area (Å²) in [4.78, 5) is 18.7. The van der Waals surface area contributed by atoms with Crippen molar-refractivity contribution in [1.29, 1.82) is 0 Å². The van der Waals surface area contributed by atoms with Crippen LogP contribution in [0.4, 0.5) is 30.7 Å². The van der Waals surface area contributed by atoms with Crippen molar-refractivity contribution in [2.45, 2.75) is 74.9 Å². The van der Waals surface area contributed by atoms with Crippen molar-refractivity contribution < 1.29 is 53.5 Å². The third kappa shape index (κ3) is 8.01. The van der Waals surface area contributed by atoms with Gasteiger partial charge in [0, 0.05) is 46.8 Å². The summed E-state index contributed by atoms with van der Waals surface area (Å²) in [5, 5.41) is 18.3. The molecule has 3 atom stereocenters. The van der Waals surface area contributed by atoms with Crippen LogP contribution in [0.1, 0.15) is 78.3 Å². The Labute approximate surface area is 326 Å². The molecule has 0 unspecified atom stereocenters. The SMILES string of the molecule is Cn1nc(CS(C)(=O)=O)[n+]2c(Cl)ccc(-c3ccc(C#CC(C)(C)O)nc3[C@@H](CC(=O)Cn3nc(C(F)(F)F)c4c3C(F)(F)[C@@H]3C[C@H]43)Cc3cc(F)cc(F)c3)c12. The molecule has 57 heavy (non-hydrogen) atoms. The number of benzene rings is 1. The van der Waals surface area contributed by atoms with Crippen molar-refractivity contribution in [1.82, 2.24) is 24.5 Å². The van der Waals surface area contributed by atoms with Crippen LogP contribution in [0.2, 0.25) is 5.15 Å². The number of carbonyl (C=O) groups excluding carboxylic acids is 1. The molecule has 2 aliphatic carbocycles. The molecule has 4 heterocycles. The molecular formula is C38H33ClF7N6O4S+. The molecule has 0 bridgehead atoms. The number of alkyl halides is 5. The first-order valence-electron chi connectivity index (χ1n) is 17.4. The number of fused-ring (bicyclic) bond motifs is 4. The minimum absolute atomic E-state index is 0.0589. The number of halogens is 8. The maximum atomic E-state index is 15.4. The van der Waals surface area contributed by atoms with Crippen LogP contribution in [0.15, 0.2) is 42.5 Å². The Hall–Kier alpha value is -4.86. The monoisotopic (exact) mass is 837 g/mol. The summed E-state index contributed by atoms with van der Waals surface area (Å²) < 4.78 is 130. The van der Waals surface area contributed by atoms with Crippen LogP contribution in [0, 0.1) is 29.4 Å². The molecule has 0 radical (unpaired) electrons. The summed E-state index contributed by atoms with van der Waals surface area (Å²) in [7, 11) is -2.08. The third-order valence-corrected chi connectivity index (χ3v) is 10.9. The highest BCUT2D eigenvalue weighted by atomic mass is 35.5. The van der Waals surface area contributed by atoms with E-state index in [1.807, 2.05) is 0 Å². The maximum Gasteiger partial charge on any atom is 0.435 e. The molecular weight excluding hydrogens is 805 g/mol. The van der Waals surface area contributed by atoms with E-state index in [1.165, 1.54) is 42.1 Å².